The van der Waals surface area contributed by atoms with Crippen LogP contribution in [0, 0.1) is 13.8 Å². The highest BCUT2D eigenvalue weighted by atomic mass is 32.2. The Bertz CT molecular complexity index is 1360. The van der Waals surface area contributed by atoms with Crippen molar-refractivity contribution < 1.29 is 18.3 Å². The lowest BCUT2D eigenvalue weighted by atomic mass is 10.1. The number of phenols is 1. The van der Waals surface area contributed by atoms with Gasteiger partial charge in [0, 0.05) is 26.2 Å². The van der Waals surface area contributed by atoms with Crippen LogP contribution in [0.1, 0.15) is 11.1 Å². The van der Waals surface area contributed by atoms with Crippen molar-refractivity contribution in [1.29, 1.82) is 0 Å². The molecule has 1 N–H and O–H groups in total. The number of aromatic hydroxyl groups is 1. The average Bonchev–Trinajstić information content (AvgIpc) is 2.77. The van der Waals surface area contributed by atoms with E-state index in [1.165, 1.54) is 32.2 Å². The second-order valence-corrected chi connectivity index (χ2v) is 9.81. The Hall–Kier alpha value is -3.24. The van der Waals surface area contributed by atoms with Crippen molar-refractivity contribution in [1.82, 2.24) is 18.8 Å². The Morgan fingerprint density at radius 2 is 1.81 bits per heavy atom. The van der Waals surface area contributed by atoms with Gasteiger partial charge in [0.15, 0.2) is 0 Å². The van der Waals surface area contributed by atoms with Crippen molar-refractivity contribution in [2.45, 2.75) is 25.3 Å². The van der Waals surface area contributed by atoms with Crippen molar-refractivity contribution in [3.63, 3.8) is 0 Å². The first-order chi connectivity index (χ1) is 15.2. The molecule has 1 saturated heterocycles. The van der Waals surface area contributed by atoms with Crippen LogP contribution < -0.4 is 5.56 Å². The first-order valence-corrected chi connectivity index (χ1v) is 11.6. The fourth-order valence-electron chi connectivity index (χ4n) is 3.84. The summed E-state index contributed by atoms with van der Waals surface area (Å²) in [5, 5.41) is 10.5. The van der Waals surface area contributed by atoms with Gasteiger partial charge in [0.05, 0.1) is 17.2 Å². The van der Waals surface area contributed by atoms with Gasteiger partial charge in [-0.25, -0.2) is 13.4 Å². The first kappa shape index (κ1) is 22.0. The number of amides is 1. The van der Waals surface area contributed by atoms with E-state index in [4.69, 9.17) is 0 Å². The number of hydrogen-bond acceptors (Lipinski definition) is 6. The van der Waals surface area contributed by atoms with Gasteiger partial charge in [0.1, 0.15) is 17.2 Å². The van der Waals surface area contributed by atoms with Crippen molar-refractivity contribution in [3.05, 3.63) is 64.2 Å². The second-order valence-electron chi connectivity index (χ2n) is 7.90. The van der Waals surface area contributed by atoms with Crippen molar-refractivity contribution in [2.24, 2.45) is 0 Å². The number of carbonyl (C=O) groups excluding carboxylic acids is 1. The van der Waals surface area contributed by atoms with E-state index < -0.39 is 10.0 Å². The highest BCUT2D eigenvalue weighted by molar-refractivity contribution is 7.89. The summed E-state index contributed by atoms with van der Waals surface area (Å²) in [6.07, 6.45) is 1.37. The predicted octanol–water partition coefficient (Wildman–Crippen LogP) is 1.25. The number of phenolic OH excluding ortho intramolecular Hbond substituents is 1. The molecule has 0 atom stereocenters. The number of rotatable bonds is 4. The molecule has 168 valence electrons. The fourth-order valence-corrected chi connectivity index (χ4v) is 5.43. The summed E-state index contributed by atoms with van der Waals surface area (Å²) in [6.45, 7) is 4.05. The molecule has 32 heavy (non-hydrogen) atoms. The number of aryl methyl sites for hydroxylation is 2. The van der Waals surface area contributed by atoms with Crippen LogP contribution in [0.3, 0.4) is 0 Å². The van der Waals surface area contributed by atoms with Gasteiger partial charge in [-0.3, -0.25) is 14.2 Å². The minimum Gasteiger partial charge on any atom is -0.507 e. The highest BCUT2D eigenvalue weighted by Gasteiger charge is 2.32. The third kappa shape index (κ3) is 3.98. The Balaban J connectivity index is 1.46. The number of piperazine rings is 1. The normalized spacial score (nSPS) is 15.2. The lowest BCUT2D eigenvalue weighted by molar-refractivity contribution is -0.133. The van der Waals surface area contributed by atoms with Crippen LogP contribution in [0.2, 0.25) is 0 Å². The molecular formula is C22H24N4O5S. The molecule has 0 radical (unpaired) electrons. The number of nitrogens with zero attached hydrogens (tertiary/aromatic N) is 4. The molecule has 2 aromatic carbocycles. The van der Waals surface area contributed by atoms with E-state index in [0.717, 1.165) is 11.1 Å². The largest absolute Gasteiger partial charge is 0.507 e. The van der Waals surface area contributed by atoms with Crippen LogP contribution in [-0.2, 0) is 21.4 Å². The summed E-state index contributed by atoms with van der Waals surface area (Å²) >= 11 is 0. The highest BCUT2D eigenvalue weighted by Crippen LogP contribution is 2.27. The maximum Gasteiger partial charge on any atom is 0.261 e. The van der Waals surface area contributed by atoms with Gasteiger partial charge < -0.3 is 10.0 Å². The van der Waals surface area contributed by atoms with Crippen LogP contribution in [0.25, 0.3) is 10.9 Å². The zero-order valence-corrected chi connectivity index (χ0v) is 18.7. The van der Waals surface area contributed by atoms with Crippen LogP contribution in [0.15, 0.2) is 52.4 Å². The second kappa shape index (κ2) is 8.36. The van der Waals surface area contributed by atoms with E-state index in [1.54, 1.807) is 25.1 Å². The van der Waals surface area contributed by atoms with E-state index in [9.17, 15) is 23.1 Å². The third-order valence-corrected chi connectivity index (χ3v) is 7.61. The van der Waals surface area contributed by atoms with Gasteiger partial charge in [0.25, 0.3) is 5.56 Å². The smallest absolute Gasteiger partial charge is 0.261 e. The molecule has 1 amide bonds. The van der Waals surface area contributed by atoms with Crippen LogP contribution in [-0.4, -0.2) is 64.4 Å². The number of fused-ring (bicyclic) bond motifs is 1. The molecule has 1 aromatic heterocycles. The molecule has 0 aliphatic carbocycles. The molecule has 3 aromatic rings. The zero-order valence-electron chi connectivity index (χ0n) is 17.9. The van der Waals surface area contributed by atoms with Crippen molar-refractivity contribution in [3.8, 4) is 5.75 Å². The molecular weight excluding hydrogens is 432 g/mol. The number of hydrogen-bond donors (Lipinski definition) is 1. The minimum atomic E-state index is -3.88. The Kier molecular flexibility index (Phi) is 5.74. The summed E-state index contributed by atoms with van der Waals surface area (Å²) in [6, 6.07) is 9.76. The molecule has 4 rings (SSSR count). The third-order valence-electron chi connectivity index (χ3n) is 5.69. The van der Waals surface area contributed by atoms with Gasteiger partial charge in [-0.2, -0.15) is 4.31 Å². The van der Waals surface area contributed by atoms with Gasteiger partial charge in [-0.1, -0.05) is 18.2 Å². The Morgan fingerprint density at radius 1 is 1.09 bits per heavy atom. The number of para-hydroxylation sites is 1. The van der Waals surface area contributed by atoms with Crippen molar-refractivity contribution in [2.75, 3.05) is 26.2 Å². The van der Waals surface area contributed by atoms with Gasteiger partial charge >= 0.3 is 0 Å². The number of aromatic nitrogens is 2. The maximum atomic E-state index is 12.9. The number of benzene rings is 2. The van der Waals surface area contributed by atoms with Crippen molar-refractivity contribution >= 4 is 26.8 Å². The summed E-state index contributed by atoms with van der Waals surface area (Å²) in [4.78, 5) is 31.2. The summed E-state index contributed by atoms with van der Waals surface area (Å²) in [5.41, 5.74) is 1.93. The quantitative estimate of drug-likeness (QED) is 0.632. The number of sulfonamides is 1. The molecule has 1 aliphatic heterocycles. The summed E-state index contributed by atoms with van der Waals surface area (Å²) < 4.78 is 28.4. The average molecular weight is 457 g/mol. The molecule has 0 spiro atoms. The van der Waals surface area contributed by atoms with E-state index in [0.29, 0.717) is 10.9 Å². The van der Waals surface area contributed by atoms with Gasteiger partial charge in [-0.05, 0) is 43.2 Å². The van der Waals surface area contributed by atoms with Gasteiger partial charge in [-0.15, -0.1) is 0 Å². The number of carbonyl (C=O) groups is 1. The topological polar surface area (TPSA) is 113 Å². The summed E-state index contributed by atoms with van der Waals surface area (Å²) in [7, 11) is -3.88. The molecule has 9 nitrogen and oxygen atoms in total. The molecule has 0 unspecified atom stereocenters. The predicted molar refractivity (Wildman–Crippen MR) is 119 cm³/mol. The lowest BCUT2D eigenvalue weighted by Crippen LogP contribution is -2.51. The standard InChI is InChI=1S/C22H24N4O5S/c1-15-6-7-18(27)19(12-15)32(30,31)26-10-8-24(9-11-26)20(28)13-25-14-23-21-16(2)4-3-5-17(21)22(25)29/h3-7,12,14,27H,8-11,13H2,1-2H3. The lowest BCUT2D eigenvalue weighted by Gasteiger charge is -2.34. The SMILES string of the molecule is Cc1ccc(O)c(S(=O)(=O)N2CCN(C(=O)Cn3cnc4c(C)cccc4c3=O)CC2)c1. The minimum absolute atomic E-state index is 0.103. The molecule has 1 aliphatic rings. The molecule has 1 fully saturated rings. The van der Waals surface area contributed by atoms with Crippen LogP contribution >= 0.6 is 0 Å². The molecule has 2 heterocycles. The van der Waals surface area contributed by atoms with Gasteiger partial charge in [0.2, 0.25) is 15.9 Å². The molecule has 0 saturated carbocycles. The Morgan fingerprint density at radius 3 is 2.53 bits per heavy atom. The van der Waals surface area contributed by atoms with Crippen LogP contribution in [0.5, 0.6) is 5.75 Å². The van der Waals surface area contributed by atoms with Crippen LogP contribution in [0.4, 0.5) is 0 Å². The zero-order chi connectivity index (χ0) is 23.0. The monoisotopic (exact) mass is 456 g/mol. The van der Waals surface area contributed by atoms with E-state index in [1.807, 2.05) is 13.0 Å². The molecule has 10 heteroatoms. The maximum absolute atomic E-state index is 12.9. The summed E-state index contributed by atoms with van der Waals surface area (Å²) in [5.74, 6) is -0.580. The Labute approximate surface area is 185 Å². The van der Waals surface area contributed by atoms with E-state index >= 15 is 0 Å². The van der Waals surface area contributed by atoms with E-state index in [2.05, 4.69) is 4.98 Å². The fraction of sp³-hybridized carbons (Fsp3) is 0.318. The first-order valence-electron chi connectivity index (χ1n) is 10.2. The molecule has 0 bridgehead atoms. The van der Waals surface area contributed by atoms with E-state index in [-0.39, 0.29) is 54.8 Å².